The molecule has 0 aromatic carbocycles. The zero-order valence-electron chi connectivity index (χ0n) is 12.4. The topological polar surface area (TPSA) is 71.3 Å². The van der Waals surface area contributed by atoms with E-state index in [0.29, 0.717) is 15.9 Å². The fourth-order valence-corrected chi connectivity index (χ4v) is 2.82. The number of nitrogens with zero attached hydrogens (tertiary/aromatic N) is 1. The van der Waals surface area contributed by atoms with E-state index in [0.717, 1.165) is 12.3 Å². The summed E-state index contributed by atoms with van der Waals surface area (Å²) in [4.78, 5) is 24.1. The van der Waals surface area contributed by atoms with Crippen LogP contribution in [0.5, 0.6) is 0 Å². The summed E-state index contributed by atoms with van der Waals surface area (Å²) in [6.07, 6.45) is -1.77. The minimum Gasteiger partial charge on any atom is -0.384 e. The minimum atomic E-state index is -2.80. The van der Waals surface area contributed by atoms with Crippen molar-refractivity contribution in [3.63, 3.8) is 0 Å². The van der Waals surface area contributed by atoms with Gasteiger partial charge in [0.05, 0.1) is 22.7 Å². The number of hydrogen-bond donors (Lipinski definition) is 2. The number of anilines is 1. The molecule has 0 aliphatic rings. The Morgan fingerprint density at radius 2 is 2.16 bits per heavy atom. The largest absolute Gasteiger partial charge is 0.384 e. The predicted octanol–water partition coefficient (Wildman–Crippen LogP) is 2.56. The van der Waals surface area contributed by atoms with Crippen LogP contribution in [0.4, 0.5) is 18.9 Å². The smallest absolute Gasteiger partial charge is 0.266 e. The third-order valence-electron chi connectivity index (χ3n) is 2.85. The van der Waals surface area contributed by atoms with Crippen molar-refractivity contribution in [3.05, 3.63) is 49.3 Å². The van der Waals surface area contributed by atoms with Crippen LogP contribution < -0.4 is 10.9 Å². The summed E-state index contributed by atoms with van der Waals surface area (Å²) < 4.78 is 39.0. The minimum absolute atomic E-state index is 0.0115. The number of nitrogens with one attached hydrogen (secondary N) is 1. The van der Waals surface area contributed by atoms with E-state index >= 15 is 0 Å². The number of alkyl halides is 2. The van der Waals surface area contributed by atoms with Crippen LogP contribution in [0.1, 0.15) is 15.2 Å². The van der Waals surface area contributed by atoms with Crippen molar-refractivity contribution in [2.45, 2.75) is 13.0 Å². The lowest BCUT2D eigenvalue weighted by molar-refractivity contribution is 0.103. The molecule has 2 heterocycles. The molecule has 132 valence electrons. The number of aliphatic hydroxyl groups is 1. The van der Waals surface area contributed by atoms with E-state index in [1.165, 1.54) is 6.07 Å². The van der Waals surface area contributed by atoms with Crippen molar-refractivity contribution in [3.8, 4) is 11.8 Å². The number of amides is 1. The first-order valence-electron chi connectivity index (χ1n) is 6.70. The molecule has 0 atom stereocenters. The predicted molar refractivity (Wildman–Crippen MR) is 87.9 cm³/mol. The van der Waals surface area contributed by atoms with Crippen molar-refractivity contribution >= 4 is 34.5 Å². The number of thiophene rings is 1. The number of pyridine rings is 1. The lowest BCUT2D eigenvalue weighted by atomic mass is 10.2. The maximum atomic E-state index is 13.2. The molecule has 0 unspecified atom stereocenters. The molecule has 0 aliphatic carbocycles. The highest BCUT2D eigenvalue weighted by molar-refractivity contribution is 7.18. The Labute approximate surface area is 148 Å². The molecule has 2 aromatic rings. The van der Waals surface area contributed by atoms with E-state index in [-0.39, 0.29) is 20.5 Å². The van der Waals surface area contributed by atoms with Crippen molar-refractivity contribution in [2.24, 2.45) is 0 Å². The monoisotopic (exact) mass is 390 g/mol. The van der Waals surface area contributed by atoms with Gasteiger partial charge in [0.2, 0.25) is 0 Å². The third-order valence-corrected chi connectivity index (χ3v) is 4.16. The standard InChI is InChI=1S/C15H10ClF3N2O3S/c16-13-10(17)5-11(25-13)14(23)20-9-4-8(2-1-3-22)15(24)21(6-9)7-12(18)19/h4-6,12,22H,3,7H2,(H,20,23). The SMILES string of the molecule is O=C(Nc1cc(C#CCO)c(=O)n(CC(F)F)c1)c1cc(F)c(Cl)s1. The number of aliphatic hydroxyl groups excluding tert-OH is 1. The van der Waals surface area contributed by atoms with Crippen LogP contribution >= 0.6 is 22.9 Å². The van der Waals surface area contributed by atoms with Crippen LogP contribution in [-0.2, 0) is 6.54 Å². The molecule has 2 rings (SSSR count). The zero-order chi connectivity index (χ0) is 18.6. The number of hydrogen-bond acceptors (Lipinski definition) is 4. The van der Waals surface area contributed by atoms with Gasteiger partial charge in [0, 0.05) is 6.20 Å². The van der Waals surface area contributed by atoms with E-state index in [1.807, 2.05) is 0 Å². The Hall–Kier alpha value is -2.28. The summed E-state index contributed by atoms with van der Waals surface area (Å²) in [6.45, 7) is -1.42. The van der Waals surface area contributed by atoms with Crippen LogP contribution in [-0.4, -0.2) is 28.6 Å². The van der Waals surface area contributed by atoms with Crippen LogP contribution in [0.25, 0.3) is 0 Å². The normalized spacial score (nSPS) is 10.5. The first-order valence-corrected chi connectivity index (χ1v) is 7.89. The molecule has 0 saturated carbocycles. The number of halogens is 4. The van der Waals surface area contributed by atoms with Gasteiger partial charge < -0.3 is 15.0 Å². The lowest BCUT2D eigenvalue weighted by Crippen LogP contribution is -2.26. The van der Waals surface area contributed by atoms with Gasteiger partial charge in [0.15, 0.2) is 5.82 Å². The Morgan fingerprint density at radius 3 is 2.72 bits per heavy atom. The average molecular weight is 391 g/mol. The van der Waals surface area contributed by atoms with Gasteiger partial charge in [0.25, 0.3) is 17.9 Å². The Bertz CT molecular complexity index is 895. The number of carbonyl (C=O) groups excluding carboxylic acids is 1. The summed E-state index contributed by atoms with van der Waals surface area (Å²) in [5, 5.41) is 11.1. The van der Waals surface area contributed by atoms with E-state index < -0.39 is 36.9 Å². The molecule has 25 heavy (non-hydrogen) atoms. The van der Waals surface area contributed by atoms with Crippen molar-refractivity contribution in [2.75, 3.05) is 11.9 Å². The van der Waals surface area contributed by atoms with Crippen LogP contribution in [0.3, 0.4) is 0 Å². The van der Waals surface area contributed by atoms with E-state index in [9.17, 15) is 22.8 Å². The summed E-state index contributed by atoms with van der Waals surface area (Å²) in [5.74, 6) is 3.09. The summed E-state index contributed by atoms with van der Waals surface area (Å²) in [5.41, 5.74) is -0.954. The van der Waals surface area contributed by atoms with Gasteiger partial charge in [-0.25, -0.2) is 13.2 Å². The molecule has 10 heteroatoms. The van der Waals surface area contributed by atoms with Crippen molar-refractivity contribution < 1.29 is 23.1 Å². The highest BCUT2D eigenvalue weighted by atomic mass is 35.5. The van der Waals surface area contributed by atoms with Gasteiger partial charge in [-0.05, 0) is 12.1 Å². The second-order valence-corrected chi connectivity index (χ2v) is 6.29. The second kappa shape index (κ2) is 8.20. The quantitative estimate of drug-likeness (QED) is 0.788. The molecule has 5 nitrogen and oxygen atoms in total. The van der Waals surface area contributed by atoms with Gasteiger partial charge >= 0.3 is 0 Å². The van der Waals surface area contributed by atoms with Gasteiger partial charge in [-0.1, -0.05) is 23.4 Å². The Balaban J connectivity index is 2.38. The highest BCUT2D eigenvalue weighted by Gasteiger charge is 2.16. The fraction of sp³-hybridized carbons (Fsp3) is 0.200. The molecule has 0 spiro atoms. The van der Waals surface area contributed by atoms with Gasteiger partial charge in [0.1, 0.15) is 10.9 Å². The van der Waals surface area contributed by atoms with E-state index in [4.69, 9.17) is 16.7 Å². The molecule has 1 amide bonds. The first-order chi connectivity index (χ1) is 11.8. The lowest BCUT2D eigenvalue weighted by Gasteiger charge is -2.10. The van der Waals surface area contributed by atoms with E-state index in [2.05, 4.69) is 17.2 Å². The van der Waals surface area contributed by atoms with Gasteiger partial charge in [-0.3, -0.25) is 9.59 Å². The van der Waals surface area contributed by atoms with Crippen LogP contribution in [0.2, 0.25) is 4.34 Å². The molecule has 2 aromatic heterocycles. The molecule has 0 radical (unpaired) electrons. The second-order valence-electron chi connectivity index (χ2n) is 4.64. The number of rotatable bonds is 4. The van der Waals surface area contributed by atoms with Crippen LogP contribution in [0.15, 0.2) is 23.1 Å². The number of aromatic nitrogens is 1. The van der Waals surface area contributed by atoms with E-state index in [1.54, 1.807) is 0 Å². The molecule has 0 fully saturated rings. The van der Waals surface area contributed by atoms with Gasteiger partial charge in [-0.15, -0.1) is 11.3 Å². The Kier molecular flexibility index (Phi) is 6.25. The molecule has 0 bridgehead atoms. The molecular formula is C15H10ClF3N2O3S. The highest BCUT2D eigenvalue weighted by Crippen LogP contribution is 2.26. The maximum absolute atomic E-state index is 13.2. The average Bonchev–Trinajstić information content (AvgIpc) is 2.88. The van der Waals surface area contributed by atoms with Crippen molar-refractivity contribution in [1.82, 2.24) is 4.57 Å². The summed E-state index contributed by atoms with van der Waals surface area (Å²) >= 11 is 6.26. The summed E-state index contributed by atoms with van der Waals surface area (Å²) in [7, 11) is 0. The zero-order valence-corrected chi connectivity index (χ0v) is 13.9. The fourth-order valence-electron chi connectivity index (χ4n) is 1.86. The van der Waals surface area contributed by atoms with Gasteiger partial charge in [-0.2, -0.15) is 0 Å². The van der Waals surface area contributed by atoms with Crippen molar-refractivity contribution in [1.29, 1.82) is 0 Å². The summed E-state index contributed by atoms with van der Waals surface area (Å²) in [6, 6.07) is 2.11. The molecule has 0 aliphatic heterocycles. The first kappa shape index (κ1) is 19.1. The maximum Gasteiger partial charge on any atom is 0.266 e. The number of carbonyl (C=O) groups is 1. The molecule has 2 N–H and O–H groups in total. The third kappa shape index (κ3) is 4.85. The molecule has 0 saturated heterocycles. The molecular weight excluding hydrogens is 381 g/mol. The Morgan fingerprint density at radius 1 is 1.44 bits per heavy atom. The van der Waals surface area contributed by atoms with Crippen LogP contribution in [0, 0.1) is 17.7 Å².